The highest BCUT2D eigenvalue weighted by Crippen LogP contribution is 2.25. The zero-order chi connectivity index (χ0) is 13.8. The van der Waals surface area contributed by atoms with Gasteiger partial charge in [0.05, 0.1) is 11.1 Å². The molecule has 0 saturated carbocycles. The lowest BCUT2D eigenvalue weighted by atomic mass is 9.82. The summed E-state index contributed by atoms with van der Waals surface area (Å²) < 4.78 is 4.81. The Labute approximate surface area is 105 Å². The maximum Gasteiger partial charge on any atom is 0.311 e. The third-order valence-corrected chi connectivity index (χ3v) is 3.25. The van der Waals surface area contributed by atoms with E-state index in [9.17, 15) is 14.7 Å². The number of aliphatic carboxylic acids is 1. The fourth-order valence-electron chi connectivity index (χ4n) is 1.69. The molecule has 100 valence electrons. The number of carboxylic acid groups (broad SMARTS) is 1. The van der Waals surface area contributed by atoms with E-state index < -0.39 is 17.3 Å². The van der Waals surface area contributed by atoms with Gasteiger partial charge in [0.2, 0.25) is 5.76 Å². The van der Waals surface area contributed by atoms with Crippen molar-refractivity contribution in [3.8, 4) is 0 Å². The fraction of sp³-hybridized carbons (Fsp3) is 0.583. The number of hydrogen-bond donors (Lipinski definition) is 2. The van der Waals surface area contributed by atoms with Crippen LogP contribution >= 0.6 is 0 Å². The first-order valence-corrected chi connectivity index (χ1v) is 5.90. The second-order valence-corrected chi connectivity index (χ2v) is 4.31. The highest BCUT2D eigenvalue weighted by Gasteiger charge is 2.35. The van der Waals surface area contributed by atoms with Crippen LogP contribution in [0.5, 0.6) is 0 Å². The summed E-state index contributed by atoms with van der Waals surface area (Å²) in [6.07, 6.45) is 0.906. The molecule has 0 saturated heterocycles. The van der Waals surface area contributed by atoms with Crippen LogP contribution in [-0.2, 0) is 4.79 Å². The van der Waals surface area contributed by atoms with Gasteiger partial charge in [0.15, 0.2) is 0 Å². The number of nitrogens with one attached hydrogen (secondary N) is 1. The number of aromatic nitrogens is 1. The first-order chi connectivity index (χ1) is 8.45. The molecule has 1 aromatic heterocycles. The van der Waals surface area contributed by atoms with Crippen molar-refractivity contribution in [3.63, 3.8) is 0 Å². The predicted octanol–water partition coefficient (Wildman–Crippen LogP) is 1.60. The summed E-state index contributed by atoms with van der Waals surface area (Å²) in [5.41, 5.74) is -0.319. The summed E-state index contributed by atoms with van der Waals surface area (Å²) in [6, 6.07) is 1.51. The van der Waals surface area contributed by atoms with Crippen molar-refractivity contribution in [2.24, 2.45) is 5.41 Å². The van der Waals surface area contributed by atoms with Crippen molar-refractivity contribution in [3.05, 3.63) is 17.5 Å². The number of nitrogens with zero attached hydrogens (tertiary/aromatic N) is 1. The Hall–Kier alpha value is -1.85. The first kappa shape index (κ1) is 14.2. The SMILES string of the molecule is CCC(CC)(CNC(=O)c1cc(C)no1)C(=O)O. The Kier molecular flexibility index (Phi) is 4.47. The minimum Gasteiger partial charge on any atom is -0.481 e. The van der Waals surface area contributed by atoms with Crippen molar-refractivity contribution in [1.82, 2.24) is 10.5 Å². The minimum atomic E-state index is -0.926. The highest BCUT2D eigenvalue weighted by molar-refractivity contribution is 5.91. The monoisotopic (exact) mass is 254 g/mol. The van der Waals surface area contributed by atoms with Crippen molar-refractivity contribution in [2.75, 3.05) is 6.54 Å². The summed E-state index contributed by atoms with van der Waals surface area (Å²) >= 11 is 0. The Morgan fingerprint density at radius 1 is 1.44 bits per heavy atom. The highest BCUT2D eigenvalue weighted by atomic mass is 16.5. The second kappa shape index (κ2) is 5.66. The molecule has 0 aromatic carbocycles. The number of carbonyl (C=O) groups excluding carboxylic acids is 1. The summed E-state index contributed by atoms with van der Waals surface area (Å²) in [6.45, 7) is 5.37. The van der Waals surface area contributed by atoms with Crippen LogP contribution in [0.15, 0.2) is 10.6 Å². The summed E-state index contributed by atoms with van der Waals surface area (Å²) in [4.78, 5) is 23.0. The van der Waals surface area contributed by atoms with E-state index in [2.05, 4.69) is 10.5 Å². The number of amides is 1. The smallest absolute Gasteiger partial charge is 0.311 e. The van der Waals surface area contributed by atoms with Crippen molar-refractivity contribution >= 4 is 11.9 Å². The molecule has 0 spiro atoms. The van der Waals surface area contributed by atoms with Gasteiger partial charge in [0.1, 0.15) is 0 Å². The minimum absolute atomic E-state index is 0.0773. The average molecular weight is 254 g/mol. The third-order valence-electron chi connectivity index (χ3n) is 3.25. The van der Waals surface area contributed by atoms with E-state index in [0.717, 1.165) is 0 Å². The molecule has 6 heteroatoms. The molecule has 0 radical (unpaired) electrons. The zero-order valence-electron chi connectivity index (χ0n) is 10.8. The van der Waals surface area contributed by atoms with E-state index >= 15 is 0 Å². The van der Waals surface area contributed by atoms with Crippen LogP contribution in [0.2, 0.25) is 0 Å². The Balaban J connectivity index is 2.69. The predicted molar refractivity (Wildman–Crippen MR) is 64.2 cm³/mol. The zero-order valence-corrected chi connectivity index (χ0v) is 10.8. The molecule has 2 N–H and O–H groups in total. The van der Waals surface area contributed by atoms with Crippen LogP contribution in [0.25, 0.3) is 0 Å². The van der Waals surface area contributed by atoms with Crippen LogP contribution < -0.4 is 5.32 Å². The third kappa shape index (κ3) is 2.88. The van der Waals surface area contributed by atoms with Gasteiger partial charge in [-0.2, -0.15) is 0 Å². The van der Waals surface area contributed by atoms with Crippen LogP contribution in [0.3, 0.4) is 0 Å². The molecule has 1 aromatic rings. The average Bonchev–Trinajstić information content (AvgIpc) is 2.77. The Morgan fingerprint density at radius 2 is 2.06 bits per heavy atom. The summed E-state index contributed by atoms with van der Waals surface area (Å²) in [5.74, 6) is -1.25. The molecular weight excluding hydrogens is 236 g/mol. The van der Waals surface area contributed by atoms with E-state index in [4.69, 9.17) is 4.52 Å². The topological polar surface area (TPSA) is 92.4 Å². The lowest BCUT2D eigenvalue weighted by molar-refractivity contribution is -0.149. The quantitative estimate of drug-likeness (QED) is 0.804. The Bertz CT molecular complexity index is 435. The van der Waals surface area contributed by atoms with Gasteiger partial charge in [0, 0.05) is 12.6 Å². The first-order valence-electron chi connectivity index (χ1n) is 5.90. The molecule has 0 bridgehead atoms. The second-order valence-electron chi connectivity index (χ2n) is 4.31. The lowest BCUT2D eigenvalue weighted by Gasteiger charge is -2.26. The molecule has 1 rings (SSSR count). The summed E-state index contributed by atoms with van der Waals surface area (Å²) in [5, 5.41) is 15.4. The number of carbonyl (C=O) groups is 2. The molecule has 6 nitrogen and oxygen atoms in total. The van der Waals surface area contributed by atoms with E-state index in [1.54, 1.807) is 20.8 Å². The lowest BCUT2D eigenvalue weighted by Crippen LogP contribution is -2.42. The van der Waals surface area contributed by atoms with Crippen LogP contribution in [0.1, 0.15) is 42.9 Å². The van der Waals surface area contributed by atoms with Gasteiger partial charge in [-0.05, 0) is 19.8 Å². The molecule has 1 heterocycles. The van der Waals surface area contributed by atoms with Gasteiger partial charge in [-0.25, -0.2) is 0 Å². The van der Waals surface area contributed by atoms with Crippen molar-refractivity contribution in [1.29, 1.82) is 0 Å². The number of rotatable bonds is 6. The molecule has 0 fully saturated rings. The number of carboxylic acids is 1. The molecule has 0 atom stereocenters. The molecule has 0 aliphatic rings. The van der Waals surface area contributed by atoms with E-state index in [1.165, 1.54) is 6.07 Å². The van der Waals surface area contributed by atoms with Gasteiger partial charge in [-0.1, -0.05) is 19.0 Å². The molecule has 1 amide bonds. The van der Waals surface area contributed by atoms with Crippen LogP contribution in [-0.4, -0.2) is 28.7 Å². The molecule has 0 unspecified atom stereocenters. The maximum absolute atomic E-state index is 11.7. The van der Waals surface area contributed by atoms with Gasteiger partial charge in [-0.15, -0.1) is 0 Å². The van der Waals surface area contributed by atoms with E-state index in [1.807, 2.05) is 0 Å². The number of hydrogen-bond acceptors (Lipinski definition) is 4. The Morgan fingerprint density at radius 3 is 2.44 bits per heavy atom. The maximum atomic E-state index is 11.7. The van der Waals surface area contributed by atoms with Crippen molar-refractivity contribution in [2.45, 2.75) is 33.6 Å². The summed E-state index contributed by atoms with van der Waals surface area (Å²) in [7, 11) is 0. The van der Waals surface area contributed by atoms with Gasteiger partial charge < -0.3 is 14.9 Å². The normalized spacial score (nSPS) is 11.3. The largest absolute Gasteiger partial charge is 0.481 e. The van der Waals surface area contributed by atoms with Crippen molar-refractivity contribution < 1.29 is 19.2 Å². The number of aryl methyl sites for hydroxylation is 1. The van der Waals surface area contributed by atoms with E-state index in [-0.39, 0.29) is 12.3 Å². The van der Waals surface area contributed by atoms with Crippen LogP contribution in [0.4, 0.5) is 0 Å². The molecule has 0 aliphatic carbocycles. The standard InChI is InChI=1S/C12H18N2O4/c1-4-12(5-2,11(16)17)7-13-10(15)9-6-8(3)14-18-9/h6H,4-5,7H2,1-3H3,(H,13,15)(H,16,17). The molecule has 0 aliphatic heterocycles. The van der Waals surface area contributed by atoms with Gasteiger partial charge in [0.25, 0.3) is 5.91 Å². The van der Waals surface area contributed by atoms with E-state index in [0.29, 0.717) is 18.5 Å². The van der Waals surface area contributed by atoms with Crippen LogP contribution in [0, 0.1) is 12.3 Å². The van der Waals surface area contributed by atoms with Gasteiger partial charge >= 0.3 is 5.97 Å². The fourth-order valence-corrected chi connectivity index (χ4v) is 1.69. The van der Waals surface area contributed by atoms with Gasteiger partial charge in [-0.3, -0.25) is 9.59 Å². The molecule has 18 heavy (non-hydrogen) atoms. The molecular formula is C12H18N2O4.